The molecular formula is C11H13N3S. The summed E-state index contributed by atoms with van der Waals surface area (Å²) in [6.45, 7) is 2.13. The molecule has 15 heavy (non-hydrogen) atoms. The zero-order valence-electron chi connectivity index (χ0n) is 8.58. The van der Waals surface area contributed by atoms with Gasteiger partial charge in [-0.2, -0.15) is 0 Å². The van der Waals surface area contributed by atoms with Crippen molar-refractivity contribution in [3.8, 4) is 0 Å². The van der Waals surface area contributed by atoms with Crippen molar-refractivity contribution in [3.63, 3.8) is 0 Å². The molecule has 0 unspecified atom stereocenters. The second-order valence-electron chi connectivity index (χ2n) is 3.54. The van der Waals surface area contributed by atoms with Gasteiger partial charge >= 0.3 is 0 Å². The Bertz CT molecular complexity index is 498. The highest BCUT2D eigenvalue weighted by molar-refractivity contribution is 7.71. The molecule has 4 heteroatoms. The van der Waals surface area contributed by atoms with Crippen molar-refractivity contribution in [2.45, 2.75) is 19.8 Å². The van der Waals surface area contributed by atoms with Crippen LogP contribution in [0.15, 0.2) is 24.3 Å². The summed E-state index contributed by atoms with van der Waals surface area (Å²) in [5.74, 6) is 0.920. The number of aromatic amines is 2. The number of hydrogen-bond acceptors (Lipinski definition) is 2. The van der Waals surface area contributed by atoms with E-state index < -0.39 is 0 Å². The SMILES string of the molecule is Cc1ccccc1CCc1nc(=S)[nH][nH]1. The van der Waals surface area contributed by atoms with E-state index >= 15 is 0 Å². The van der Waals surface area contributed by atoms with Gasteiger partial charge in [-0.05, 0) is 36.7 Å². The van der Waals surface area contributed by atoms with Gasteiger partial charge in [0.1, 0.15) is 5.82 Å². The highest BCUT2D eigenvalue weighted by Crippen LogP contribution is 2.09. The first-order valence-electron chi connectivity index (χ1n) is 4.94. The van der Waals surface area contributed by atoms with Crippen LogP contribution in [0.5, 0.6) is 0 Å². The third kappa shape index (κ3) is 2.53. The Morgan fingerprint density at radius 2 is 2.00 bits per heavy atom. The summed E-state index contributed by atoms with van der Waals surface area (Å²) >= 11 is 4.89. The van der Waals surface area contributed by atoms with E-state index in [1.165, 1.54) is 11.1 Å². The minimum absolute atomic E-state index is 0.523. The van der Waals surface area contributed by atoms with Crippen molar-refractivity contribution < 1.29 is 0 Å². The summed E-state index contributed by atoms with van der Waals surface area (Å²) in [5, 5.41) is 5.75. The monoisotopic (exact) mass is 219 g/mol. The van der Waals surface area contributed by atoms with E-state index in [9.17, 15) is 0 Å². The fourth-order valence-electron chi connectivity index (χ4n) is 1.57. The van der Waals surface area contributed by atoms with Gasteiger partial charge in [-0.1, -0.05) is 24.3 Å². The van der Waals surface area contributed by atoms with Crippen molar-refractivity contribution in [1.82, 2.24) is 15.2 Å². The predicted octanol–water partition coefficient (Wildman–Crippen LogP) is 2.56. The maximum Gasteiger partial charge on any atom is 0.213 e. The summed E-state index contributed by atoms with van der Waals surface area (Å²) in [6, 6.07) is 8.40. The van der Waals surface area contributed by atoms with Gasteiger partial charge in [0, 0.05) is 6.42 Å². The fourth-order valence-corrected chi connectivity index (χ4v) is 1.73. The third-order valence-corrected chi connectivity index (χ3v) is 2.64. The van der Waals surface area contributed by atoms with E-state index in [0.29, 0.717) is 4.77 Å². The Labute approximate surface area is 93.6 Å². The Hall–Kier alpha value is -1.42. The van der Waals surface area contributed by atoms with Crippen LogP contribution < -0.4 is 0 Å². The van der Waals surface area contributed by atoms with Gasteiger partial charge in [-0.15, -0.1) is 0 Å². The fraction of sp³-hybridized carbons (Fsp3) is 0.273. The average Bonchev–Trinajstić information content (AvgIpc) is 2.63. The van der Waals surface area contributed by atoms with Gasteiger partial charge in [0.15, 0.2) is 0 Å². The molecule has 1 aromatic heterocycles. The number of hydrogen-bond donors (Lipinski definition) is 2. The quantitative estimate of drug-likeness (QED) is 0.779. The van der Waals surface area contributed by atoms with E-state index in [1.54, 1.807) is 0 Å². The summed E-state index contributed by atoms with van der Waals surface area (Å²) in [4.78, 5) is 4.16. The molecule has 1 aromatic carbocycles. The first-order chi connectivity index (χ1) is 7.25. The molecule has 0 amide bonds. The molecular weight excluding hydrogens is 206 g/mol. The molecule has 1 heterocycles. The van der Waals surface area contributed by atoms with Gasteiger partial charge in [-0.3, -0.25) is 10.2 Å². The summed E-state index contributed by atoms with van der Waals surface area (Å²) in [6.07, 6.45) is 1.88. The molecule has 0 spiro atoms. The molecule has 78 valence electrons. The Balaban J connectivity index is 2.05. The zero-order valence-corrected chi connectivity index (χ0v) is 9.40. The van der Waals surface area contributed by atoms with Gasteiger partial charge in [0.05, 0.1) is 0 Å². The maximum absolute atomic E-state index is 4.89. The Morgan fingerprint density at radius 1 is 1.20 bits per heavy atom. The van der Waals surface area contributed by atoms with Crippen LogP contribution in [0.1, 0.15) is 17.0 Å². The first kappa shape index (κ1) is 10.1. The zero-order chi connectivity index (χ0) is 10.7. The molecule has 0 saturated heterocycles. The molecule has 2 N–H and O–H groups in total. The Kier molecular flexibility index (Phi) is 2.97. The van der Waals surface area contributed by atoms with E-state index in [4.69, 9.17) is 12.2 Å². The van der Waals surface area contributed by atoms with Crippen LogP contribution in [0.25, 0.3) is 0 Å². The smallest absolute Gasteiger partial charge is 0.213 e. The highest BCUT2D eigenvalue weighted by Gasteiger charge is 2.00. The number of H-pyrrole nitrogens is 2. The molecule has 0 radical (unpaired) electrons. The lowest BCUT2D eigenvalue weighted by atomic mass is 10.0. The standard InChI is InChI=1S/C11H13N3S/c1-8-4-2-3-5-9(8)6-7-10-12-11(15)14-13-10/h2-5H,6-7H2,1H3,(H2,12,13,14,15). The van der Waals surface area contributed by atoms with Crippen molar-refractivity contribution in [2.75, 3.05) is 0 Å². The highest BCUT2D eigenvalue weighted by atomic mass is 32.1. The van der Waals surface area contributed by atoms with Crippen molar-refractivity contribution in [1.29, 1.82) is 0 Å². The summed E-state index contributed by atoms with van der Waals surface area (Å²) in [5.41, 5.74) is 2.69. The van der Waals surface area contributed by atoms with Crippen molar-refractivity contribution in [2.24, 2.45) is 0 Å². The lowest BCUT2D eigenvalue weighted by Gasteiger charge is -2.02. The normalized spacial score (nSPS) is 10.5. The van der Waals surface area contributed by atoms with Gasteiger partial charge < -0.3 is 0 Å². The number of aryl methyl sites for hydroxylation is 3. The van der Waals surface area contributed by atoms with E-state index in [0.717, 1.165) is 18.7 Å². The second kappa shape index (κ2) is 4.40. The van der Waals surface area contributed by atoms with Gasteiger partial charge in [0.25, 0.3) is 0 Å². The number of aromatic nitrogens is 3. The minimum atomic E-state index is 0.523. The lowest BCUT2D eigenvalue weighted by molar-refractivity contribution is 0.860. The number of nitrogens with one attached hydrogen (secondary N) is 2. The van der Waals surface area contributed by atoms with Crippen LogP contribution in [0.2, 0.25) is 0 Å². The molecule has 3 nitrogen and oxygen atoms in total. The van der Waals surface area contributed by atoms with Crippen molar-refractivity contribution >= 4 is 12.2 Å². The van der Waals surface area contributed by atoms with Gasteiger partial charge in [-0.25, -0.2) is 4.98 Å². The number of benzene rings is 1. The molecule has 0 aliphatic carbocycles. The van der Waals surface area contributed by atoms with Crippen LogP contribution in [-0.2, 0) is 12.8 Å². The average molecular weight is 219 g/mol. The number of rotatable bonds is 3. The first-order valence-corrected chi connectivity index (χ1v) is 5.34. The molecule has 0 aliphatic heterocycles. The van der Waals surface area contributed by atoms with Gasteiger partial charge in [0.2, 0.25) is 4.77 Å². The largest absolute Gasteiger partial charge is 0.286 e. The predicted molar refractivity (Wildman–Crippen MR) is 62.4 cm³/mol. The Morgan fingerprint density at radius 3 is 2.67 bits per heavy atom. The van der Waals surface area contributed by atoms with E-state index in [-0.39, 0.29) is 0 Å². The number of nitrogens with zero attached hydrogens (tertiary/aromatic N) is 1. The molecule has 0 bridgehead atoms. The second-order valence-corrected chi connectivity index (χ2v) is 3.93. The van der Waals surface area contributed by atoms with Crippen LogP contribution in [-0.4, -0.2) is 15.2 Å². The topological polar surface area (TPSA) is 44.5 Å². The summed E-state index contributed by atoms with van der Waals surface area (Å²) in [7, 11) is 0. The van der Waals surface area contributed by atoms with E-state index in [2.05, 4.69) is 46.4 Å². The molecule has 0 fully saturated rings. The molecule has 0 atom stereocenters. The minimum Gasteiger partial charge on any atom is -0.286 e. The molecule has 0 saturated carbocycles. The van der Waals surface area contributed by atoms with Crippen LogP contribution in [0.4, 0.5) is 0 Å². The molecule has 0 aliphatic rings. The maximum atomic E-state index is 4.89. The lowest BCUT2D eigenvalue weighted by Crippen LogP contribution is -1.95. The third-order valence-electron chi connectivity index (χ3n) is 2.44. The van der Waals surface area contributed by atoms with Crippen molar-refractivity contribution in [3.05, 3.63) is 46.0 Å². The van der Waals surface area contributed by atoms with E-state index in [1.807, 2.05) is 0 Å². The van der Waals surface area contributed by atoms with Crippen LogP contribution in [0, 0.1) is 11.7 Å². The van der Waals surface area contributed by atoms with Crippen LogP contribution in [0.3, 0.4) is 0 Å². The molecule has 2 aromatic rings. The van der Waals surface area contributed by atoms with Crippen LogP contribution >= 0.6 is 12.2 Å². The summed E-state index contributed by atoms with van der Waals surface area (Å²) < 4.78 is 0.523. The molecule has 2 rings (SSSR count).